The molecule has 4 rings (SSSR count). The smallest absolute Gasteiger partial charge is 0.317 e. The zero-order valence-corrected chi connectivity index (χ0v) is 29.1. The number of amides is 4. The molecule has 6 atom stereocenters. The van der Waals surface area contributed by atoms with Gasteiger partial charge in [0.2, 0.25) is 23.6 Å². The van der Waals surface area contributed by atoms with Gasteiger partial charge in [0.15, 0.2) is 0 Å². The second-order valence-corrected chi connectivity index (χ2v) is 13.9. The molecule has 0 aliphatic carbocycles. The largest absolute Gasteiger partial charge is 0.480 e. The number of nitrogens with zero attached hydrogens (tertiary/aromatic N) is 2. The van der Waals surface area contributed by atoms with Gasteiger partial charge in [0, 0.05) is 31.6 Å². The number of nitrogens with two attached hydrogens (primary N) is 2. The summed E-state index contributed by atoms with van der Waals surface area (Å²) < 4.78 is 0. The van der Waals surface area contributed by atoms with Crippen LogP contribution in [0.3, 0.4) is 0 Å². The molecule has 272 valence electrons. The van der Waals surface area contributed by atoms with E-state index in [0.29, 0.717) is 58.2 Å². The Balaban J connectivity index is 1.47. The molecule has 2 aliphatic rings. The number of benzene rings is 2. The van der Waals surface area contributed by atoms with Crippen molar-refractivity contribution in [2.75, 3.05) is 26.2 Å². The molecule has 8 N–H and O–H groups in total. The Bertz CT molecular complexity index is 1440. The molecular weight excluding hydrogens is 638 g/mol. The van der Waals surface area contributed by atoms with E-state index in [1.54, 1.807) is 4.90 Å². The number of nitrogens with one attached hydrogen (secondary N) is 3. The van der Waals surface area contributed by atoms with E-state index in [-0.39, 0.29) is 36.9 Å². The number of likely N-dealkylation sites (tertiary alicyclic amines) is 2. The van der Waals surface area contributed by atoms with Crippen LogP contribution in [0.2, 0.25) is 0 Å². The van der Waals surface area contributed by atoms with Crippen molar-refractivity contribution in [1.29, 1.82) is 0 Å². The predicted molar refractivity (Wildman–Crippen MR) is 190 cm³/mol. The number of piperazine rings is 1. The number of aliphatic carboxylic acids is 1. The summed E-state index contributed by atoms with van der Waals surface area (Å²) in [5.74, 6) is -2.59. The average molecular weight is 692 g/mol. The standard InChI is InChI=1S/C37H53N7O6/c1-24(2)17-31(35(48)40-30(15-9-10-16-38)37(50)44-22-27-20-28(44)21-43(27)23-33(45)46)42-36(49)32(19-26-13-7-4-8-14-26)41-34(47)29(39)18-25-11-5-3-6-12-25/h3-8,11-14,24,27-32H,9-10,15-23,38-39H2,1-2H3,(H,40,48)(H,41,47)(H,42,49)(H,45,46). The number of carbonyl (C=O) groups is 5. The SMILES string of the molecule is CC(C)CC(NC(=O)C(Cc1ccccc1)NC(=O)C(N)Cc1ccccc1)C(=O)NC(CCCCN)C(=O)N1CC2CC1CN2CC(=O)O. The van der Waals surface area contributed by atoms with Gasteiger partial charge in [0.05, 0.1) is 12.6 Å². The molecule has 2 aromatic carbocycles. The molecule has 2 aromatic rings. The van der Waals surface area contributed by atoms with Crippen LogP contribution in [0.5, 0.6) is 0 Å². The quantitative estimate of drug-likeness (QED) is 0.115. The molecule has 2 fully saturated rings. The number of hydrogen-bond acceptors (Lipinski definition) is 8. The zero-order valence-electron chi connectivity index (χ0n) is 29.1. The van der Waals surface area contributed by atoms with Crippen LogP contribution in [-0.2, 0) is 36.8 Å². The van der Waals surface area contributed by atoms with Crippen molar-refractivity contribution in [2.24, 2.45) is 17.4 Å². The highest BCUT2D eigenvalue weighted by molar-refractivity contribution is 5.95. The van der Waals surface area contributed by atoms with Gasteiger partial charge in [-0.1, -0.05) is 74.5 Å². The maximum atomic E-state index is 13.9. The molecule has 2 saturated heterocycles. The fraction of sp³-hybridized carbons (Fsp3) is 0.541. The van der Waals surface area contributed by atoms with Crippen molar-refractivity contribution < 1.29 is 29.1 Å². The average Bonchev–Trinajstić information content (AvgIpc) is 3.68. The molecule has 50 heavy (non-hydrogen) atoms. The van der Waals surface area contributed by atoms with Gasteiger partial charge in [-0.05, 0) is 62.1 Å². The molecule has 0 saturated carbocycles. The summed E-state index contributed by atoms with van der Waals surface area (Å²) in [6.07, 6.45) is 3.15. The summed E-state index contributed by atoms with van der Waals surface area (Å²) in [6.45, 7) is 5.13. The first kappa shape index (κ1) is 38.5. The number of unbranched alkanes of at least 4 members (excludes halogenated alkanes) is 1. The van der Waals surface area contributed by atoms with E-state index in [0.717, 1.165) is 11.1 Å². The van der Waals surface area contributed by atoms with Crippen LogP contribution in [0.25, 0.3) is 0 Å². The number of rotatable bonds is 19. The highest BCUT2D eigenvalue weighted by Gasteiger charge is 2.47. The summed E-state index contributed by atoms with van der Waals surface area (Å²) in [5.41, 5.74) is 13.7. The highest BCUT2D eigenvalue weighted by Crippen LogP contribution is 2.31. The van der Waals surface area contributed by atoms with Crippen LogP contribution in [0.4, 0.5) is 0 Å². The fourth-order valence-corrected chi connectivity index (χ4v) is 6.88. The van der Waals surface area contributed by atoms with Crippen LogP contribution in [-0.4, -0.2) is 107 Å². The lowest BCUT2D eigenvalue weighted by atomic mass is 9.99. The van der Waals surface area contributed by atoms with E-state index in [1.165, 1.54) is 0 Å². The second kappa shape index (κ2) is 18.6. The van der Waals surface area contributed by atoms with Gasteiger partial charge in [0.1, 0.15) is 18.1 Å². The van der Waals surface area contributed by atoms with Gasteiger partial charge in [-0.3, -0.25) is 28.9 Å². The lowest BCUT2D eigenvalue weighted by molar-refractivity contribution is -0.141. The molecule has 2 heterocycles. The molecule has 2 bridgehead atoms. The topological polar surface area (TPSA) is 200 Å². The summed E-state index contributed by atoms with van der Waals surface area (Å²) >= 11 is 0. The minimum atomic E-state index is -1.01. The Morgan fingerprint density at radius 3 is 1.92 bits per heavy atom. The van der Waals surface area contributed by atoms with Crippen molar-refractivity contribution >= 4 is 29.6 Å². The molecule has 13 heteroatoms. The monoisotopic (exact) mass is 691 g/mol. The fourth-order valence-electron chi connectivity index (χ4n) is 6.88. The highest BCUT2D eigenvalue weighted by atomic mass is 16.4. The third-order valence-corrected chi connectivity index (χ3v) is 9.43. The van der Waals surface area contributed by atoms with Gasteiger partial charge in [0.25, 0.3) is 0 Å². The number of fused-ring (bicyclic) bond motifs is 2. The van der Waals surface area contributed by atoms with Gasteiger partial charge in [-0.25, -0.2) is 0 Å². The number of carboxylic acid groups (broad SMARTS) is 1. The Morgan fingerprint density at radius 1 is 0.780 bits per heavy atom. The van der Waals surface area contributed by atoms with E-state index in [9.17, 15) is 29.1 Å². The lowest BCUT2D eigenvalue weighted by Gasteiger charge is -2.36. The Labute approximate surface area is 294 Å². The number of carbonyl (C=O) groups excluding carboxylic acids is 4. The van der Waals surface area contributed by atoms with E-state index in [1.807, 2.05) is 79.4 Å². The minimum Gasteiger partial charge on any atom is -0.480 e. The Hall–Kier alpha value is -4.33. The maximum absolute atomic E-state index is 13.9. The first-order valence-electron chi connectivity index (χ1n) is 17.7. The van der Waals surface area contributed by atoms with Gasteiger partial charge < -0.3 is 37.4 Å². The predicted octanol–water partition coefficient (Wildman–Crippen LogP) is 0.798. The van der Waals surface area contributed by atoms with Crippen LogP contribution < -0.4 is 27.4 Å². The molecule has 4 amide bonds. The normalized spacial score (nSPS) is 19.4. The Kier molecular flexibility index (Phi) is 14.3. The number of carboxylic acids is 1. The zero-order chi connectivity index (χ0) is 36.2. The van der Waals surface area contributed by atoms with Crippen LogP contribution in [0, 0.1) is 5.92 Å². The first-order valence-corrected chi connectivity index (χ1v) is 17.7. The molecule has 0 spiro atoms. The van der Waals surface area contributed by atoms with Gasteiger partial charge in [-0.15, -0.1) is 0 Å². The van der Waals surface area contributed by atoms with E-state index < -0.39 is 47.9 Å². The molecule has 13 nitrogen and oxygen atoms in total. The second-order valence-electron chi connectivity index (χ2n) is 13.9. The van der Waals surface area contributed by atoms with Gasteiger partial charge in [-0.2, -0.15) is 0 Å². The molecule has 2 aliphatic heterocycles. The van der Waals surface area contributed by atoms with Crippen molar-refractivity contribution in [2.45, 2.75) is 95.0 Å². The lowest BCUT2D eigenvalue weighted by Crippen LogP contribution is -2.59. The minimum absolute atomic E-state index is 0.0217. The van der Waals surface area contributed by atoms with Crippen molar-refractivity contribution in [1.82, 2.24) is 25.8 Å². The van der Waals surface area contributed by atoms with Crippen LogP contribution in [0.1, 0.15) is 57.1 Å². The van der Waals surface area contributed by atoms with Crippen molar-refractivity contribution in [3.05, 3.63) is 71.8 Å². The molecule has 6 unspecified atom stereocenters. The van der Waals surface area contributed by atoms with Crippen molar-refractivity contribution in [3.63, 3.8) is 0 Å². The Morgan fingerprint density at radius 2 is 1.36 bits per heavy atom. The summed E-state index contributed by atoms with van der Waals surface area (Å²) in [6, 6.07) is 14.8. The molecule has 0 radical (unpaired) electrons. The van der Waals surface area contributed by atoms with Crippen LogP contribution in [0.15, 0.2) is 60.7 Å². The van der Waals surface area contributed by atoms with E-state index >= 15 is 0 Å². The van der Waals surface area contributed by atoms with Crippen LogP contribution >= 0.6 is 0 Å². The third-order valence-electron chi connectivity index (χ3n) is 9.43. The maximum Gasteiger partial charge on any atom is 0.317 e. The summed E-state index contributed by atoms with van der Waals surface area (Å²) in [5, 5.41) is 17.9. The number of hydrogen-bond donors (Lipinski definition) is 6. The molecule has 0 aromatic heterocycles. The van der Waals surface area contributed by atoms with Gasteiger partial charge >= 0.3 is 5.97 Å². The van der Waals surface area contributed by atoms with E-state index in [4.69, 9.17) is 11.5 Å². The summed E-state index contributed by atoms with van der Waals surface area (Å²) in [4.78, 5) is 69.9. The summed E-state index contributed by atoms with van der Waals surface area (Å²) in [7, 11) is 0. The third kappa shape index (κ3) is 11.1. The first-order chi connectivity index (χ1) is 23.9. The van der Waals surface area contributed by atoms with E-state index in [2.05, 4.69) is 16.0 Å². The van der Waals surface area contributed by atoms with Crippen molar-refractivity contribution in [3.8, 4) is 0 Å². The molecular formula is C37H53N7O6.